The third-order valence-electron chi connectivity index (χ3n) is 14.9. The van der Waals surface area contributed by atoms with Gasteiger partial charge in [0.2, 0.25) is 0 Å². The van der Waals surface area contributed by atoms with Crippen LogP contribution in [0.4, 0.5) is 33.4 Å². The Balaban J connectivity index is 1.30. The first-order valence-electron chi connectivity index (χ1n) is 22.2. The van der Waals surface area contributed by atoms with E-state index < -0.39 is 0 Å². The van der Waals surface area contributed by atoms with Gasteiger partial charge in [0.05, 0.1) is 5.59 Å². The van der Waals surface area contributed by atoms with Gasteiger partial charge >= 0.3 is 0 Å². The minimum Gasteiger partial charge on any atom is -0.311 e. The minimum atomic E-state index is -0.0179. The van der Waals surface area contributed by atoms with Gasteiger partial charge in [-0.15, -0.1) is 0 Å². The second-order valence-electron chi connectivity index (χ2n) is 23.3. The fourth-order valence-electron chi connectivity index (χ4n) is 12.0. The van der Waals surface area contributed by atoms with Gasteiger partial charge in [-0.1, -0.05) is 118 Å². The molecule has 0 unspecified atom stereocenters. The monoisotopic (exact) mass is 786 g/mol. The second-order valence-corrected chi connectivity index (χ2v) is 24.0. The molecule has 4 saturated carbocycles. The average molecular weight is 787 g/mol. The number of benzene rings is 4. The van der Waals surface area contributed by atoms with E-state index in [1.54, 1.807) is 17.1 Å². The van der Waals surface area contributed by atoms with Crippen LogP contribution in [0.25, 0.3) is 0 Å². The molecule has 4 aromatic carbocycles. The van der Waals surface area contributed by atoms with E-state index in [-0.39, 0.29) is 33.8 Å². The van der Waals surface area contributed by atoms with Crippen LogP contribution in [-0.2, 0) is 27.1 Å². The van der Waals surface area contributed by atoms with Crippen molar-refractivity contribution < 1.29 is 0 Å². The highest BCUT2D eigenvalue weighted by Crippen LogP contribution is 2.62. The molecule has 6 aliphatic rings. The van der Waals surface area contributed by atoms with E-state index in [4.69, 9.17) is 9.59 Å². The first-order chi connectivity index (χ1) is 27.2. The maximum absolute atomic E-state index is 5.11. The van der Waals surface area contributed by atoms with E-state index >= 15 is 0 Å². The summed E-state index contributed by atoms with van der Waals surface area (Å²) in [7, 11) is 0. The summed E-state index contributed by atoms with van der Waals surface area (Å²) in [6.45, 7) is 28.1. The maximum Gasteiger partial charge on any atom is 0.279 e. The zero-order chi connectivity index (χ0) is 40.9. The topological polar surface area (TPSA) is 32.3 Å². The summed E-state index contributed by atoms with van der Waals surface area (Å²) in [6.07, 6.45) is 8.29. The highest BCUT2D eigenvalue weighted by Gasteiger charge is 2.53. The van der Waals surface area contributed by atoms with Crippen LogP contribution in [0.15, 0.2) is 72.8 Å². The highest BCUT2D eigenvalue weighted by atomic mass is 32.1. The lowest BCUT2D eigenvalue weighted by molar-refractivity contribution is -0.00514. The van der Waals surface area contributed by atoms with Crippen molar-refractivity contribution in [1.29, 1.82) is 0 Å². The first kappa shape index (κ1) is 38.3. The molecule has 0 radical (unpaired) electrons. The summed E-state index contributed by atoms with van der Waals surface area (Å²) in [6, 6.07) is 29.5. The molecule has 4 fully saturated rings. The molecular weight excluding hydrogens is 723 g/mol. The van der Waals surface area contributed by atoms with Crippen molar-refractivity contribution in [3.05, 3.63) is 101 Å². The predicted molar refractivity (Wildman–Crippen MR) is 249 cm³/mol. The van der Waals surface area contributed by atoms with E-state index in [0.29, 0.717) is 0 Å². The Morgan fingerprint density at radius 3 is 1.60 bits per heavy atom. The van der Waals surface area contributed by atoms with E-state index in [2.05, 4.69) is 166 Å². The van der Waals surface area contributed by atoms with Gasteiger partial charge in [-0.05, 0) is 165 Å². The summed E-state index contributed by atoms with van der Waals surface area (Å²) < 4.78 is 4.82. The number of fused-ring (bicyclic) bond motifs is 4. The molecule has 5 aromatic rings. The van der Waals surface area contributed by atoms with E-state index in [9.17, 15) is 0 Å². The lowest BCUT2D eigenvalue weighted by atomic mass is 9.35. The van der Waals surface area contributed by atoms with Gasteiger partial charge in [0.15, 0.2) is 0 Å². The molecule has 0 amide bonds. The van der Waals surface area contributed by atoms with Crippen LogP contribution in [0.5, 0.6) is 0 Å². The molecular formula is C52H63BN4S. The van der Waals surface area contributed by atoms with Gasteiger partial charge in [0.25, 0.3) is 6.71 Å². The number of hydrogen-bond acceptors (Lipinski definition) is 5. The fourth-order valence-corrected chi connectivity index (χ4v) is 12.7. The van der Waals surface area contributed by atoms with E-state index in [1.165, 1.54) is 100 Å². The Labute approximate surface area is 353 Å². The molecule has 3 heterocycles. The van der Waals surface area contributed by atoms with Gasteiger partial charge in [-0.2, -0.15) is 5.10 Å². The van der Waals surface area contributed by atoms with Gasteiger partial charge < -0.3 is 9.80 Å². The van der Waals surface area contributed by atoms with Gasteiger partial charge in [-0.25, -0.2) is 0 Å². The quantitative estimate of drug-likeness (QED) is 0.167. The van der Waals surface area contributed by atoms with E-state index in [1.807, 2.05) is 0 Å². The summed E-state index contributed by atoms with van der Waals surface area (Å²) >= 11 is 1.57. The van der Waals surface area contributed by atoms with Crippen LogP contribution in [0, 0.1) is 17.8 Å². The average Bonchev–Trinajstić information content (AvgIpc) is 3.62. The van der Waals surface area contributed by atoms with Crippen molar-refractivity contribution in [2.24, 2.45) is 17.8 Å². The lowest BCUT2D eigenvalue weighted by Crippen LogP contribution is -2.62. The van der Waals surface area contributed by atoms with Crippen molar-refractivity contribution in [3.63, 3.8) is 0 Å². The van der Waals surface area contributed by atoms with Crippen molar-refractivity contribution in [1.82, 2.24) is 9.59 Å². The zero-order valence-corrected chi connectivity index (χ0v) is 38.0. The van der Waals surface area contributed by atoms with Crippen LogP contribution in [0.1, 0.15) is 149 Å². The molecule has 58 heavy (non-hydrogen) atoms. The molecule has 4 nitrogen and oxygen atoms in total. The van der Waals surface area contributed by atoms with Crippen LogP contribution in [0.2, 0.25) is 0 Å². The third kappa shape index (κ3) is 6.04. The first-order valence-corrected chi connectivity index (χ1v) is 23.0. The molecule has 4 aliphatic carbocycles. The standard InChI is InChI=1S/C52H63BN4S/c1-48(2,3)34-13-16-39(17-14-34)56-42-18-15-35(49(4,5)6)25-41(42)53-45-43(56)26-38(52-28-31-19-32(29-52)21-33(20-31)30-52)27-44(45)57(47-46(53)54-55-58-47)40-23-36(50(7,8)9)22-37(24-40)51(10,11)12/h13-18,22-27,31-33H,19-21,28-30H2,1-12H3. The summed E-state index contributed by atoms with van der Waals surface area (Å²) in [5, 5.41) is 6.27. The Kier molecular flexibility index (Phi) is 8.30. The molecule has 300 valence electrons. The normalized spacial score (nSPS) is 23.6. The number of anilines is 6. The highest BCUT2D eigenvalue weighted by molar-refractivity contribution is 7.14. The Morgan fingerprint density at radius 1 is 0.552 bits per heavy atom. The van der Waals surface area contributed by atoms with Crippen molar-refractivity contribution >= 4 is 68.2 Å². The molecule has 0 atom stereocenters. The minimum absolute atomic E-state index is 0.000295. The molecule has 6 heteroatoms. The molecule has 0 N–H and O–H groups in total. The van der Waals surface area contributed by atoms with Gasteiger partial charge in [0, 0.05) is 40.0 Å². The lowest BCUT2D eigenvalue weighted by Gasteiger charge is -2.57. The van der Waals surface area contributed by atoms with Crippen molar-refractivity contribution in [2.45, 2.75) is 149 Å². The van der Waals surface area contributed by atoms with Gasteiger partial charge in [-0.3, -0.25) is 0 Å². The number of aromatic nitrogens is 2. The number of hydrogen-bond donors (Lipinski definition) is 0. The molecule has 11 rings (SSSR count). The third-order valence-corrected chi connectivity index (χ3v) is 15.6. The second kappa shape index (κ2) is 12.6. The largest absolute Gasteiger partial charge is 0.311 e. The zero-order valence-electron chi connectivity index (χ0n) is 37.2. The van der Waals surface area contributed by atoms with Crippen LogP contribution < -0.4 is 26.3 Å². The molecule has 0 saturated heterocycles. The SMILES string of the molecule is CC(C)(C)c1ccc(N2c3ccc(C(C)(C)C)cc3B3c4nnsc4N(c4cc(C(C)(C)C)cc(C(C)(C)C)c4)c4cc(C56CC7CC(CC(C7)C5)C6)cc2c43)cc1. The van der Waals surface area contributed by atoms with Crippen LogP contribution in [0.3, 0.4) is 0 Å². The Bertz CT molecular complexity index is 2380. The Morgan fingerprint density at radius 2 is 1.07 bits per heavy atom. The molecule has 2 aliphatic heterocycles. The Hall–Kier alpha value is -3.90. The van der Waals surface area contributed by atoms with Crippen LogP contribution >= 0.6 is 11.5 Å². The van der Waals surface area contributed by atoms with Crippen molar-refractivity contribution in [3.8, 4) is 0 Å². The van der Waals surface area contributed by atoms with Gasteiger partial charge in [0.1, 0.15) is 5.00 Å². The predicted octanol–water partition coefficient (Wildman–Crippen LogP) is 12.3. The van der Waals surface area contributed by atoms with Crippen molar-refractivity contribution in [2.75, 3.05) is 9.80 Å². The number of rotatable bonds is 3. The van der Waals surface area contributed by atoms with E-state index in [0.717, 1.165) is 28.3 Å². The molecule has 0 spiro atoms. The summed E-state index contributed by atoms with van der Waals surface area (Å²) in [5.74, 6) is 2.57. The molecule has 1 aromatic heterocycles. The maximum atomic E-state index is 5.11. The molecule has 4 bridgehead atoms. The smallest absolute Gasteiger partial charge is 0.279 e. The fraction of sp³-hybridized carbons (Fsp3) is 0.500. The van der Waals surface area contributed by atoms with Crippen LogP contribution in [-0.4, -0.2) is 16.3 Å². The number of nitrogens with zero attached hydrogens (tertiary/aromatic N) is 4. The summed E-state index contributed by atoms with van der Waals surface area (Å²) in [5.41, 5.74) is 17.4. The summed E-state index contributed by atoms with van der Waals surface area (Å²) in [4.78, 5) is 5.23.